The van der Waals surface area contributed by atoms with Gasteiger partial charge < -0.3 is 10.2 Å². The molecule has 1 aliphatic carbocycles. The van der Waals surface area contributed by atoms with Crippen molar-refractivity contribution in [1.82, 2.24) is 10.2 Å². The summed E-state index contributed by atoms with van der Waals surface area (Å²) in [5.74, 6) is 0.880. The van der Waals surface area contributed by atoms with Gasteiger partial charge in [-0.25, -0.2) is 0 Å². The van der Waals surface area contributed by atoms with Gasteiger partial charge in [-0.2, -0.15) is 11.8 Å². The third kappa shape index (κ3) is 4.95. The Morgan fingerprint density at radius 3 is 2.42 bits per heavy atom. The third-order valence-electron chi connectivity index (χ3n) is 4.61. The standard InChI is InChI=1S/C16H32N2S/c1-4-17-16-9-7-5-6-8-15(16)12-18-10-13(2)19-14(3)11-18/h13-17H,4-12H2,1-3H3. The van der Waals surface area contributed by atoms with E-state index in [2.05, 4.69) is 42.7 Å². The fourth-order valence-corrected chi connectivity index (χ4v) is 5.29. The Bertz CT molecular complexity index is 249. The van der Waals surface area contributed by atoms with E-state index in [0.29, 0.717) is 0 Å². The average Bonchev–Trinajstić information content (AvgIpc) is 2.55. The van der Waals surface area contributed by atoms with Gasteiger partial charge in [-0.15, -0.1) is 0 Å². The van der Waals surface area contributed by atoms with Crippen LogP contribution in [0.1, 0.15) is 52.9 Å². The Balaban J connectivity index is 1.90. The monoisotopic (exact) mass is 284 g/mol. The molecule has 3 heteroatoms. The van der Waals surface area contributed by atoms with Crippen LogP contribution in [-0.2, 0) is 0 Å². The first-order valence-electron chi connectivity index (χ1n) is 8.30. The predicted molar refractivity (Wildman–Crippen MR) is 87.0 cm³/mol. The highest BCUT2D eigenvalue weighted by atomic mass is 32.2. The summed E-state index contributed by atoms with van der Waals surface area (Å²) in [5, 5.41) is 5.38. The molecule has 0 amide bonds. The Kier molecular flexibility index (Phi) is 6.51. The van der Waals surface area contributed by atoms with Crippen LogP contribution < -0.4 is 5.32 Å². The van der Waals surface area contributed by atoms with Gasteiger partial charge in [0.2, 0.25) is 0 Å². The lowest BCUT2D eigenvalue weighted by molar-refractivity contribution is 0.193. The maximum atomic E-state index is 3.75. The molecule has 112 valence electrons. The molecule has 2 aliphatic rings. The van der Waals surface area contributed by atoms with Crippen LogP contribution in [-0.4, -0.2) is 47.6 Å². The number of thioether (sulfide) groups is 1. The number of nitrogens with one attached hydrogen (secondary N) is 1. The van der Waals surface area contributed by atoms with E-state index >= 15 is 0 Å². The van der Waals surface area contributed by atoms with E-state index in [-0.39, 0.29) is 0 Å². The molecular weight excluding hydrogens is 252 g/mol. The minimum absolute atomic E-state index is 0.771. The van der Waals surface area contributed by atoms with Crippen molar-refractivity contribution in [1.29, 1.82) is 0 Å². The molecule has 1 saturated heterocycles. The summed E-state index contributed by atoms with van der Waals surface area (Å²) in [4.78, 5) is 2.74. The molecule has 1 saturated carbocycles. The normalized spacial score (nSPS) is 38.1. The minimum Gasteiger partial charge on any atom is -0.314 e. The molecule has 0 radical (unpaired) electrons. The van der Waals surface area contributed by atoms with E-state index in [1.807, 2.05) is 0 Å². The second kappa shape index (κ2) is 7.90. The van der Waals surface area contributed by atoms with E-state index in [4.69, 9.17) is 0 Å². The highest BCUT2D eigenvalue weighted by Crippen LogP contribution is 2.29. The summed E-state index contributed by atoms with van der Waals surface area (Å²) in [5.41, 5.74) is 0. The van der Waals surface area contributed by atoms with Crippen molar-refractivity contribution in [2.24, 2.45) is 5.92 Å². The molecule has 0 aromatic heterocycles. The number of hydrogen-bond acceptors (Lipinski definition) is 3. The lowest BCUT2D eigenvalue weighted by Crippen LogP contribution is -2.47. The van der Waals surface area contributed by atoms with E-state index < -0.39 is 0 Å². The predicted octanol–water partition coefficient (Wildman–Crippen LogP) is 3.37. The highest BCUT2D eigenvalue weighted by Gasteiger charge is 2.28. The van der Waals surface area contributed by atoms with Crippen LogP contribution in [0.3, 0.4) is 0 Å². The number of rotatable bonds is 4. The first-order chi connectivity index (χ1) is 9.19. The molecular formula is C16H32N2S. The molecule has 0 spiro atoms. The molecule has 4 atom stereocenters. The molecule has 2 rings (SSSR count). The fourth-order valence-electron chi connectivity index (χ4n) is 3.90. The first-order valence-corrected chi connectivity index (χ1v) is 9.24. The zero-order chi connectivity index (χ0) is 13.7. The maximum absolute atomic E-state index is 3.75. The van der Waals surface area contributed by atoms with Crippen LogP contribution in [0.25, 0.3) is 0 Å². The Morgan fingerprint density at radius 2 is 1.74 bits per heavy atom. The van der Waals surface area contributed by atoms with Crippen LogP contribution in [0.5, 0.6) is 0 Å². The van der Waals surface area contributed by atoms with Crippen LogP contribution in [0.15, 0.2) is 0 Å². The van der Waals surface area contributed by atoms with Gasteiger partial charge in [-0.3, -0.25) is 0 Å². The molecule has 0 aromatic carbocycles. The summed E-state index contributed by atoms with van der Waals surface area (Å²) in [6, 6.07) is 0.771. The lowest BCUT2D eigenvalue weighted by Gasteiger charge is -2.38. The van der Waals surface area contributed by atoms with Crippen LogP contribution in [0, 0.1) is 5.92 Å². The molecule has 1 heterocycles. The smallest absolute Gasteiger partial charge is 0.0149 e. The Labute approximate surface area is 124 Å². The van der Waals surface area contributed by atoms with Crippen molar-refractivity contribution in [2.45, 2.75) is 69.4 Å². The molecule has 0 bridgehead atoms. The van der Waals surface area contributed by atoms with Crippen molar-refractivity contribution < 1.29 is 0 Å². The van der Waals surface area contributed by atoms with Gasteiger partial charge >= 0.3 is 0 Å². The number of hydrogen-bond donors (Lipinski definition) is 1. The van der Waals surface area contributed by atoms with E-state index in [1.54, 1.807) is 0 Å². The lowest BCUT2D eigenvalue weighted by atomic mass is 9.93. The van der Waals surface area contributed by atoms with E-state index in [9.17, 15) is 0 Å². The highest BCUT2D eigenvalue weighted by molar-refractivity contribution is 8.00. The van der Waals surface area contributed by atoms with Gasteiger partial charge in [0.1, 0.15) is 0 Å². The summed E-state index contributed by atoms with van der Waals surface area (Å²) in [6.45, 7) is 12.1. The van der Waals surface area contributed by atoms with Crippen LogP contribution >= 0.6 is 11.8 Å². The zero-order valence-corrected chi connectivity index (χ0v) is 13.8. The quantitative estimate of drug-likeness (QED) is 0.797. The molecule has 2 fully saturated rings. The Hall–Kier alpha value is 0.270. The fraction of sp³-hybridized carbons (Fsp3) is 1.00. The second-order valence-electron chi connectivity index (χ2n) is 6.54. The van der Waals surface area contributed by atoms with Crippen molar-refractivity contribution >= 4 is 11.8 Å². The third-order valence-corrected chi connectivity index (χ3v) is 5.84. The first kappa shape index (κ1) is 15.7. The van der Waals surface area contributed by atoms with Gasteiger partial charge in [-0.05, 0) is 25.3 Å². The summed E-state index contributed by atoms with van der Waals surface area (Å²) < 4.78 is 0. The van der Waals surface area contributed by atoms with Crippen LogP contribution in [0.2, 0.25) is 0 Å². The van der Waals surface area contributed by atoms with E-state index in [1.165, 1.54) is 51.7 Å². The minimum atomic E-state index is 0.771. The summed E-state index contributed by atoms with van der Waals surface area (Å²) >= 11 is 2.16. The Morgan fingerprint density at radius 1 is 1.05 bits per heavy atom. The topological polar surface area (TPSA) is 15.3 Å². The van der Waals surface area contributed by atoms with Gasteiger partial charge in [0.15, 0.2) is 0 Å². The van der Waals surface area contributed by atoms with Crippen molar-refractivity contribution in [3.05, 3.63) is 0 Å². The van der Waals surface area contributed by atoms with Crippen LogP contribution in [0.4, 0.5) is 0 Å². The van der Waals surface area contributed by atoms with Gasteiger partial charge in [0.25, 0.3) is 0 Å². The number of nitrogens with zero attached hydrogens (tertiary/aromatic N) is 1. The summed E-state index contributed by atoms with van der Waals surface area (Å²) in [6.07, 6.45) is 7.15. The SMILES string of the molecule is CCNC1CCCCCC1CN1CC(C)SC(C)C1. The summed E-state index contributed by atoms with van der Waals surface area (Å²) in [7, 11) is 0. The molecule has 4 unspecified atom stereocenters. The van der Waals surface area contributed by atoms with Gasteiger partial charge in [0, 0.05) is 36.2 Å². The maximum Gasteiger partial charge on any atom is 0.0149 e. The van der Waals surface area contributed by atoms with Gasteiger partial charge in [0.05, 0.1) is 0 Å². The van der Waals surface area contributed by atoms with Crippen molar-refractivity contribution in [3.8, 4) is 0 Å². The average molecular weight is 285 g/mol. The molecule has 2 nitrogen and oxygen atoms in total. The largest absolute Gasteiger partial charge is 0.314 e. The molecule has 1 aliphatic heterocycles. The molecule has 19 heavy (non-hydrogen) atoms. The van der Waals surface area contributed by atoms with Crippen molar-refractivity contribution in [3.63, 3.8) is 0 Å². The zero-order valence-electron chi connectivity index (χ0n) is 13.0. The molecule has 1 N–H and O–H groups in total. The van der Waals surface area contributed by atoms with Gasteiger partial charge in [-0.1, -0.05) is 40.0 Å². The van der Waals surface area contributed by atoms with Crippen molar-refractivity contribution in [2.75, 3.05) is 26.2 Å². The second-order valence-corrected chi connectivity index (χ2v) is 8.42. The molecule has 0 aromatic rings. The van der Waals surface area contributed by atoms with E-state index in [0.717, 1.165) is 29.0 Å².